The largest absolute Gasteiger partial charge is 0.478 e. The number of ketones is 1. The molecule has 2 aliphatic rings. The van der Waals surface area contributed by atoms with Crippen LogP contribution in [0, 0.1) is 5.82 Å². The van der Waals surface area contributed by atoms with Crippen LogP contribution in [-0.2, 0) is 13.1 Å². The number of nitrogens with zero attached hydrogens (tertiary/aromatic N) is 1. The third-order valence-electron chi connectivity index (χ3n) is 4.83. The third kappa shape index (κ3) is 2.88. The minimum absolute atomic E-state index is 0.108. The normalized spacial score (nSPS) is 17.2. The number of carbonyl (C=O) groups is 1. The van der Waals surface area contributed by atoms with Crippen LogP contribution in [0.5, 0.6) is 11.5 Å². The van der Waals surface area contributed by atoms with E-state index in [0.717, 1.165) is 11.3 Å². The van der Waals surface area contributed by atoms with E-state index in [1.54, 1.807) is 36.6 Å². The van der Waals surface area contributed by atoms with E-state index in [1.165, 1.54) is 12.1 Å². The summed E-state index contributed by atoms with van der Waals surface area (Å²) in [6.07, 6.45) is 3.07. The van der Waals surface area contributed by atoms with Crippen molar-refractivity contribution in [1.29, 1.82) is 0 Å². The summed E-state index contributed by atoms with van der Waals surface area (Å²) in [6, 6.07) is 13.5. The van der Waals surface area contributed by atoms with Crippen LogP contribution in [0.15, 0.2) is 65.0 Å². The summed E-state index contributed by atoms with van der Waals surface area (Å²) in [5.74, 6) is 1.44. The van der Waals surface area contributed by atoms with Gasteiger partial charge in [0.15, 0.2) is 5.76 Å². The Morgan fingerprint density at radius 1 is 1.11 bits per heavy atom. The molecule has 0 aliphatic carbocycles. The molecule has 5 nitrogen and oxygen atoms in total. The molecule has 2 aromatic carbocycles. The van der Waals surface area contributed by atoms with Crippen LogP contribution in [0.2, 0.25) is 0 Å². The fourth-order valence-electron chi connectivity index (χ4n) is 3.46. The monoisotopic (exact) mass is 377 g/mol. The number of furan rings is 1. The fraction of sp³-hybridized carbons (Fsp3) is 0.136. The van der Waals surface area contributed by atoms with E-state index in [2.05, 4.69) is 0 Å². The molecule has 28 heavy (non-hydrogen) atoms. The van der Waals surface area contributed by atoms with Gasteiger partial charge in [0.05, 0.1) is 23.9 Å². The topological polar surface area (TPSA) is 51.9 Å². The number of rotatable bonds is 3. The first-order valence-electron chi connectivity index (χ1n) is 8.91. The summed E-state index contributed by atoms with van der Waals surface area (Å²) in [5.41, 5.74) is 1.58. The van der Waals surface area contributed by atoms with Gasteiger partial charge in [-0.3, -0.25) is 9.69 Å². The van der Waals surface area contributed by atoms with Gasteiger partial charge in [-0.1, -0.05) is 18.2 Å². The molecule has 0 spiro atoms. The Kier molecular flexibility index (Phi) is 3.98. The molecule has 6 heteroatoms. The lowest BCUT2D eigenvalue weighted by molar-refractivity contribution is 0.0810. The first kappa shape index (κ1) is 16.8. The van der Waals surface area contributed by atoms with Crippen molar-refractivity contribution in [3.63, 3.8) is 0 Å². The maximum absolute atomic E-state index is 14.0. The molecule has 5 rings (SSSR count). The average molecular weight is 377 g/mol. The van der Waals surface area contributed by atoms with Gasteiger partial charge >= 0.3 is 0 Å². The zero-order valence-electron chi connectivity index (χ0n) is 14.9. The molecular formula is C22H16FNO4. The van der Waals surface area contributed by atoms with Crippen LogP contribution < -0.4 is 9.47 Å². The van der Waals surface area contributed by atoms with Crippen molar-refractivity contribution >= 4 is 11.9 Å². The summed E-state index contributed by atoms with van der Waals surface area (Å²) in [4.78, 5) is 14.8. The molecule has 0 N–H and O–H groups in total. The highest BCUT2D eigenvalue weighted by Crippen LogP contribution is 2.42. The molecule has 3 heterocycles. The van der Waals surface area contributed by atoms with Crippen LogP contribution in [0.4, 0.5) is 4.39 Å². The average Bonchev–Trinajstić information content (AvgIpc) is 3.32. The second kappa shape index (κ2) is 6.65. The Morgan fingerprint density at radius 3 is 2.82 bits per heavy atom. The third-order valence-corrected chi connectivity index (χ3v) is 4.83. The molecule has 0 radical (unpaired) electrons. The van der Waals surface area contributed by atoms with Crippen molar-refractivity contribution in [2.75, 3.05) is 6.73 Å². The molecule has 0 amide bonds. The summed E-state index contributed by atoms with van der Waals surface area (Å²) < 4.78 is 31.1. The fourth-order valence-corrected chi connectivity index (χ4v) is 3.46. The molecule has 2 aliphatic heterocycles. The van der Waals surface area contributed by atoms with Gasteiger partial charge in [0.1, 0.15) is 29.8 Å². The van der Waals surface area contributed by atoms with Crippen molar-refractivity contribution < 1.29 is 23.1 Å². The van der Waals surface area contributed by atoms with Gasteiger partial charge in [0.25, 0.3) is 0 Å². The van der Waals surface area contributed by atoms with E-state index in [0.29, 0.717) is 42.4 Å². The van der Waals surface area contributed by atoms with Crippen LogP contribution in [-0.4, -0.2) is 17.4 Å². The number of carbonyl (C=O) groups excluding carboxylic acids is 1. The van der Waals surface area contributed by atoms with E-state index in [9.17, 15) is 9.18 Å². The van der Waals surface area contributed by atoms with E-state index in [4.69, 9.17) is 13.9 Å². The number of allylic oxidation sites excluding steroid dienone is 1. The highest BCUT2D eigenvalue weighted by molar-refractivity contribution is 6.15. The van der Waals surface area contributed by atoms with Crippen molar-refractivity contribution in [1.82, 2.24) is 4.90 Å². The summed E-state index contributed by atoms with van der Waals surface area (Å²) >= 11 is 0. The predicted octanol–water partition coefficient (Wildman–Crippen LogP) is 4.39. The van der Waals surface area contributed by atoms with Crippen molar-refractivity contribution in [3.05, 3.63) is 88.8 Å². The van der Waals surface area contributed by atoms with E-state index in [-0.39, 0.29) is 11.5 Å². The predicted molar refractivity (Wildman–Crippen MR) is 99.2 cm³/mol. The maximum Gasteiger partial charge on any atom is 0.231 e. The van der Waals surface area contributed by atoms with Gasteiger partial charge in [-0.05, 0) is 36.4 Å². The van der Waals surface area contributed by atoms with Crippen LogP contribution >= 0.6 is 0 Å². The summed E-state index contributed by atoms with van der Waals surface area (Å²) in [7, 11) is 0. The molecule has 0 bridgehead atoms. The highest BCUT2D eigenvalue weighted by atomic mass is 19.1. The SMILES string of the molecule is O=C1/C(=C/c2ccccc2F)Oc2c1ccc1c2CN(Cc2ccco2)CO1. The smallest absolute Gasteiger partial charge is 0.231 e. The zero-order chi connectivity index (χ0) is 19.1. The minimum atomic E-state index is -0.405. The van der Waals surface area contributed by atoms with Gasteiger partial charge < -0.3 is 13.9 Å². The Labute approximate surface area is 160 Å². The Bertz CT molecular complexity index is 1090. The maximum atomic E-state index is 14.0. The van der Waals surface area contributed by atoms with Crippen molar-refractivity contribution in [2.24, 2.45) is 0 Å². The molecule has 1 aromatic heterocycles. The van der Waals surface area contributed by atoms with Crippen molar-refractivity contribution in [3.8, 4) is 11.5 Å². The highest BCUT2D eigenvalue weighted by Gasteiger charge is 2.33. The summed E-state index contributed by atoms with van der Waals surface area (Å²) in [6.45, 7) is 1.56. The first-order valence-corrected chi connectivity index (χ1v) is 8.91. The van der Waals surface area contributed by atoms with Gasteiger partial charge in [0.2, 0.25) is 5.78 Å². The van der Waals surface area contributed by atoms with E-state index in [1.807, 2.05) is 17.0 Å². The Hall–Kier alpha value is -3.38. The summed E-state index contributed by atoms with van der Waals surface area (Å²) in [5, 5.41) is 0. The lowest BCUT2D eigenvalue weighted by Crippen LogP contribution is -2.31. The molecule has 0 saturated heterocycles. The van der Waals surface area contributed by atoms with Crippen molar-refractivity contribution in [2.45, 2.75) is 13.1 Å². The first-order chi connectivity index (χ1) is 13.7. The zero-order valence-corrected chi connectivity index (χ0v) is 14.9. The number of halogens is 1. The number of fused-ring (bicyclic) bond motifs is 3. The lowest BCUT2D eigenvalue weighted by Gasteiger charge is -2.29. The quantitative estimate of drug-likeness (QED) is 0.634. The van der Waals surface area contributed by atoms with E-state index >= 15 is 0 Å². The number of Topliss-reactive ketones (excluding diaryl/α,β-unsaturated/α-hetero) is 1. The molecule has 0 fully saturated rings. The molecule has 0 saturated carbocycles. The van der Waals surface area contributed by atoms with Crippen LogP contribution in [0.25, 0.3) is 6.08 Å². The Balaban J connectivity index is 1.46. The molecule has 140 valence electrons. The van der Waals surface area contributed by atoms with E-state index < -0.39 is 5.82 Å². The number of hydrogen-bond acceptors (Lipinski definition) is 5. The molecule has 3 aromatic rings. The van der Waals surface area contributed by atoms with Crippen LogP contribution in [0.3, 0.4) is 0 Å². The molecule has 0 unspecified atom stereocenters. The van der Waals surface area contributed by atoms with Gasteiger partial charge in [0, 0.05) is 12.1 Å². The lowest BCUT2D eigenvalue weighted by atomic mass is 10.0. The number of ether oxygens (including phenoxy) is 2. The van der Waals surface area contributed by atoms with Crippen LogP contribution in [0.1, 0.15) is 27.2 Å². The molecule has 0 atom stereocenters. The number of benzene rings is 2. The second-order valence-corrected chi connectivity index (χ2v) is 6.72. The van der Waals surface area contributed by atoms with Gasteiger partial charge in [-0.15, -0.1) is 0 Å². The Morgan fingerprint density at radius 2 is 2.00 bits per heavy atom. The molecular weight excluding hydrogens is 361 g/mol. The van der Waals surface area contributed by atoms with Gasteiger partial charge in [-0.25, -0.2) is 4.39 Å². The second-order valence-electron chi connectivity index (χ2n) is 6.72. The van der Waals surface area contributed by atoms with Gasteiger partial charge in [-0.2, -0.15) is 0 Å². The minimum Gasteiger partial charge on any atom is -0.478 e. The standard InChI is InChI=1S/C22H16FNO4/c23-18-6-2-1-4-14(18)10-20-21(25)16-7-8-19-17(22(16)28-20)12-24(13-27-19)11-15-5-3-9-26-15/h1-10H,11-13H2/b20-10-. The number of hydrogen-bond donors (Lipinski definition) is 0.